The lowest BCUT2D eigenvalue weighted by atomic mass is 9.89. The average Bonchev–Trinajstić information content (AvgIpc) is 2.45. The quantitative estimate of drug-likeness (QED) is 0.767. The van der Waals surface area contributed by atoms with Crippen molar-refractivity contribution >= 4 is 11.9 Å². The number of benzene rings is 1. The molecule has 1 rings (SSSR count). The van der Waals surface area contributed by atoms with Gasteiger partial charge in [0, 0.05) is 5.92 Å². The lowest BCUT2D eigenvalue weighted by Crippen LogP contribution is -2.39. The summed E-state index contributed by atoms with van der Waals surface area (Å²) in [6, 6.07) is 8.32. The number of esters is 2. The highest BCUT2D eigenvalue weighted by Gasteiger charge is 2.29. The minimum Gasteiger partial charge on any atom is -0.466 e. The number of carbonyl (C=O) groups excluding carboxylic acids is 2. The van der Waals surface area contributed by atoms with Crippen molar-refractivity contribution in [3.8, 4) is 0 Å². The highest BCUT2D eigenvalue weighted by atomic mass is 16.5. The third kappa shape index (κ3) is 4.66. The van der Waals surface area contributed by atoms with Gasteiger partial charge in [0.2, 0.25) is 0 Å². The third-order valence-corrected chi connectivity index (χ3v) is 2.91. The van der Waals surface area contributed by atoms with E-state index in [1.165, 1.54) is 0 Å². The van der Waals surface area contributed by atoms with Crippen LogP contribution in [0, 0.1) is 0 Å². The molecule has 1 aromatic rings. The van der Waals surface area contributed by atoms with Gasteiger partial charge < -0.3 is 15.2 Å². The second-order valence-corrected chi connectivity index (χ2v) is 4.30. The van der Waals surface area contributed by atoms with Gasteiger partial charge in [0.1, 0.15) is 6.04 Å². The first-order chi connectivity index (χ1) is 9.60. The van der Waals surface area contributed by atoms with Gasteiger partial charge in [-0.15, -0.1) is 0 Å². The summed E-state index contributed by atoms with van der Waals surface area (Å²) in [4.78, 5) is 23.5. The van der Waals surface area contributed by atoms with Gasteiger partial charge >= 0.3 is 11.9 Å². The van der Waals surface area contributed by atoms with Gasteiger partial charge in [0.05, 0.1) is 19.6 Å². The molecule has 0 aromatic heterocycles. The number of ether oxygens (including phenoxy) is 2. The number of hydrogen-bond donors (Lipinski definition) is 1. The molecule has 0 aliphatic carbocycles. The second-order valence-electron chi connectivity index (χ2n) is 4.30. The van der Waals surface area contributed by atoms with Crippen molar-refractivity contribution in [2.75, 3.05) is 13.2 Å². The minimum absolute atomic E-state index is 0.0534. The maximum Gasteiger partial charge on any atom is 0.323 e. The highest BCUT2D eigenvalue weighted by Crippen LogP contribution is 2.24. The fourth-order valence-corrected chi connectivity index (χ4v) is 1.95. The molecule has 2 atom stereocenters. The summed E-state index contributed by atoms with van der Waals surface area (Å²) >= 11 is 0. The Morgan fingerprint density at radius 1 is 1.10 bits per heavy atom. The van der Waals surface area contributed by atoms with E-state index in [1.807, 2.05) is 30.3 Å². The Balaban J connectivity index is 2.89. The molecule has 0 saturated heterocycles. The number of hydrogen-bond acceptors (Lipinski definition) is 5. The summed E-state index contributed by atoms with van der Waals surface area (Å²) in [6.45, 7) is 4.01. The van der Waals surface area contributed by atoms with Crippen LogP contribution >= 0.6 is 0 Å². The van der Waals surface area contributed by atoms with Crippen LogP contribution in [-0.4, -0.2) is 31.2 Å². The van der Waals surface area contributed by atoms with Crippen LogP contribution in [0.2, 0.25) is 0 Å². The van der Waals surface area contributed by atoms with E-state index in [0.717, 1.165) is 5.56 Å². The Hall–Kier alpha value is -1.88. The van der Waals surface area contributed by atoms with Crippen molar-refractivity contribution in [2.24, 2.45) is 5.73 Å². The first kappa shape index (κ1) is 16.2. The Kier molecular flexibility index (Phi) is 6.73. The zero-order valence-corrected chi connectivity index (χ0v) is 11.9. The van der Waals surface area contributed by atoms with E-state index < -0.39 is 17.9 Å². The van der Waals surface area contributed by atoms with Crippen molar-refractivity contribution in [2.45, 2.75) is 32.2 Å². The van der Waals surface area contributed by atoms with Gasteiger partial charge in [-0.2, -0.15) is 0 Å². The summed E-state index contributed by atoms with van der Waals surface area (Å²) in [5.74, 6) is -1.33. The van der Waals surface area contributed by atoms with Gasteiger partial charge in [-0.05, 0) is 19.4 Å². The monoisotopic (exact) mass is 279 g/mol. The van der Waals surface area contributed by atoms with Crippen LogP contribution in [0.3, 0.4) is 0 Å². The van der Waals surface area contributed by atoms with Gasteiger partial charge in [0.25, 0.3) is 0 Å². The van der Waals surface area contributed by atoms with Crippen molar-refractivity contribution in [1.82, 2.24) is 0 Å². The van der Waals surface area contributed by atoms with E-state index in [-0.39, 0.29) is 19.0 Å². The minimum atomic E-state index is -0.887. The van der Waals surface area contributed by atoms with E-state index in [1.54, 1.807) is 13.8 Å². The molecule has 1 aromatic carbocycles. The number of rotatable bonds is 7. The molecule has 0 radical (unpaired) electrons. The summed E-state index contributed by atoms with van der Waals surface area (Å²) in [5.41, 5.74) is 6.76. The van der Waals surface area contributed by atoms with E-state index in [4.69, 9.17) is 15.2 Å². The molecule has 2 N–H and O–H groups in total. The Morgan fingerprint density at radius 3 is 2.25 bits per heavy atom. The molecule has 110 valence electrons. The Labute approximate surface area is 119 Å². The molecule has 0 unspecified atom stereocenters. The molecule has 0 saturated carbocycles. The summed E-state index contributed by atoms with van der Waals surface area (Å²) in [5, 5.41) is 0. The summed E-state index contributed by atoms with van der Waals surface area (Å²) < 4.78 is 9.87. The largest absolute Gasteiger partial charge is 0.466 e. The highest BCUT2D eigenvalue weighted by molar-refractivity contribution is 5.79. The van der Waals surface area contributed by atoms with Crippen molar-refractivity contribution in [3.05, 3.63) is 35.9 Å². The van der Waals surface area contributed by atoms with E-state index in [9.17, 15) is 9.59 Å². The smallest absolute Gasteiger partial charge is 0.323 e. The third-order valence-electron chi connectivity index (χ3n) is 2.91. The lowest BCUT2D eigenvalue weighted by molar-refractivity contribution is -0.147. The van der Waals surface area contributed by atoms with Gasteiger partial charge in [-0.3, -0.25) is 9.59 Å². The molecule has 5 heteroatoms. The van der Waals surface area contributed by atoms with Gasteiger partial charge in [-0.1, -0.05) is 30.3 Å². The van der Waals surface area contributed by atoms with Crippen LogP contribution in [-0.2, 0) is 19.1 Å². The van der Waals surface area contributed by atoms with Crippen LogP contribution in [0.25, 0.3) is 0 Å². The second kappa shape index (κ2) is 8.32. The van der Waals surface area contributed by atoms with Crippen LogP contribution in [0.4, 0.5) is 0 Å². The standard InChI is InChI=1S/C15H21NO4/c1-3-19-13(17)10-12(11-8-6-5-7-9-11)14(16)15(18)20-4-2/h5-9,12,14H,3-4,10,16H2,1-2H3/t12-,14-/m1/s1. The average molecular weight is 279 g/mol. The summed E-state index contributed by atoms with van der Waals surface area (Å²) in [7, 11) is 0. The molecule has 0 fully saturated rings. The molecule has 20 heavy (non-hydrogen) atoms. The molecule has 5 nitrogen and oxygen atoms in total. The zero-order chi connectivity index (χ0) is 15.0. The normalized spacial score (nSPS) is 13.3. The van der Waals surface area contributed by atoms with Crippen molar-refractivity contribution in [1.29, 1.82) is 0 Å². The van der Waals surface area contributed by atoms with Crippen molar-refractivity contribution < 1.29 is 19.1 Å². The van der Waals surface area contributed by atoms with Crippen LogP contribution in [0.5, 0.6) is 0 Å². The number of carbonyl (C=O) groups is 2. The number of nitrogens with two attached hydrogens (primary N) is 1. The molecule has 0 amide bonds. The molecule has 0 heterocycles. The van der Waals surface area contributed by atoms with Crippen LogP contribution in [0.1, 0.15) is 31.7 Å². The Morgan fingerprint density at radius 2 is 1.70 bits per heavy atom. The molecule has 0 aliphatic heterocycles. The van der Waals surface area contributed by atoms with E-state index in [0.29, 0.717) is 6.61 Å². The van der Waals surface area contributed by atoms with Crippen molar-refractivity contribution in [3.63, 3.8) is 0 Å². The fraction of sp³-hybridized carbons (Fsp3) is 0.467. The van der Waals surface area contributed by atoms with E-state index >= 15 is 0 Å². The molecule has 0 aliphatic rings. The maximum atomic E-state index is 11.8. The molecule has 0 bridgehead atoms. The molecular weight excluding hydrogens is 258 g/mol. The van der Waals surface area contributed by atoms with Gasteiger partial charge in [0.15, 0.2) is 0 Å². The molecular formula is C15H21NO4. The van der Waals surface area contributed by atoms with Crippen LogP contribution in [0.15, 0.2) is 30.3 Å². The zero-order valence-electron chi connectivity index (χ0n) is 11.9. The van der Waals surface area contributed by atoms with Gasteiger partial charge in [-0.25, -0.2) is 0 Å². The Bertz CT molecular complexity index is 433. The fourth-order valence-electron chi connectivity index (χ4n) is 1.95. The maximum absolute atomic E-state index is 11.8. The van der Waals surface area contributed by atoms with E-state index in [2.05, 4.69) is 0 Å². The molecule has 0 spiro atoms. The SMILES string of the molecule is CCOC(=O)C[C@H](c1ccccc1)[C@@H](N)C(=O)OCC. The summed E-state index contributed by atoms with van der Waals surface area (Å²) in [6.07, 6.45) is 0.0534. The first-order valence-corrected chi connectivity index (χ1v) is 6.72. The topological polar surface area (TPSA) is 78.6 Å². The van der Waals surface area contributed by atoms with Crippen LogP contribution < -0.4 is 5.73 Å². The first-order valence-electron chi connectivity index (χ1n) is 6.72. The predicted molar refractivity (Wildman–Crippen MR) is 75.0 cm³/mol. The predicted octanol–water partition coefficient (Wildman–Crippen LogP) is 1.61. The lowest BCUT2D eigenvalue weighted by Gasteiger charge is -2.22.